The average molecular weight is 367 g/mol. The third-order valence-electron chi connectivity index (χ3n) is 5.36. The minimum Gasteiger partial charge on any atom is -0.459 e. The van der Waals surface area contributed by atoms with Crippen LogP contribution in [0, 0.1) is 5.92 Å². The summed E-state index contributed by atoms with van der Waals surface area (Å²) in [6, 6.07) is 17.9. The number of hydroxylamine groups is 2. The first kappa shape index (κ1) is 18.2. The van der Waals surface area contributed by atoms with Crippen LogP contribution in [-0.4, -0.2) is 34.6 Å². The van der Waals surface area contributed by atoms with Crippen molar-refractivity contribution < 1.29 is 19.5 Å². The summed E-state index contributed by atoms with van der Waals surface area (Å²) in [5, 5.41) is 13.1. The number of aliphatic hydroxyl groups is 1. The van der Waals surface area contributed by atoms with Crippen molar-refractivity contribution in [1.82, 2.24) is 5.06 Å². The van der Waals surface area contributed by atoms with Gasteiger partial charge in [-0.1, -0.05) is 54.6 Å². The third kappa shape index (κ3) is 3.27. The first-order valence-electron chi connectivity index (χ1n) is 9.50. The van der Waals surface area contributed by atoms with Gasteiger partial charge in [0.05, 0.1) is 18.1 Å². The van der Waals surface area contributed by atoms with Crippen molar-refractivity contribution in [3.8, 4) is 0 Å². The lowest BCUT2D eigenvalue weighted by molar-refractivity contribution is -0.293. The highest BCUT2D eigenvalue weighted by molar-refractivity contribution is 5.78. The lowest BCUT2D eigenvalue weighted by Crippen LogP contribution is -2.47. The number of esters is 1. The second-order valence-electron chi connectivity index (χ2n) is 7.57. The first-order chi connectivity index (χ1) is 13.0. The van der Waals surface area contributed by atoms with Crippen LogP contribution in [-0.2, 0) is 27.2 Å². The van der Waals surface area contributed by atoms with Crippen molar-refractivity contribution in [2.75, 3.05) is 6.54 Å². The fraction of sp³-hybridized carbons (Fsp3) is 0.409. The Bertz CT molecular complexity index is 822. The van der Waals surface area contributed by atoms with Gasteiger partial charge in [-0.3, -0.25) is 4.84 Å². The first-order valence-corrected chi connectivity index (χ1v) is 9.50. The predicted molar refractivity (Wildman–Crippen MR) is 100 cm³/mol. The molecule has 5 heteroatoms. The van der Waals surface area contributed by atoms with Gasteiger partial charge in [0.25, 0.3) is 5.79 Å². The van der Waals surface area contributed by atoms with Gasteiger partial charge in [0, 0.05) is 6.54 Å². The lowest BCUT2D eigenvalue weighted by Gasteiger charge is -2.32. The molecule has 2 aliphatic heterocycles. The van der Waals surface area contributed by atoms with Crippen molar-refractivity contribution in [1.29, 1.82) is 0 Å². The molecule has 0 aromatic heterocycles. The summed E-state index contributed by atoms with van der Waals surface area (Å²) >= 11 is 0. The second-order valence-corrected chi connectivity index (χ2v) is 7.57. The van der Waals surface area contributed by atoms with Gasteiger partial charge >= 0.3 is 5.97 Å². The second kappa shape index (κ2) is 7.08. The van der Waals surface area contributed by atoms with E-state index in [0.717, 1.165) is 17.5 Å². The standard InChI is InChI=1S/C22H25NO4/c1-15(2)26-21(24)22(25)19(14-16-8-4-3-5-9-16)20-18-11-7-6-10-17(18)12-13-23(20)27-22/h3-11,15,19-20,25H,12-14H2,1-2H3/t19-,20-,22-/m1/s1. The summed E-state index contributed by atoms with van der Waals surface area (Å²) in [6.07, 6.45) is 1.01. The van der Waals surface area contributed by atoms with E-state index in [1.165, 1.54) is 5.56 Å². The van der Waals surface area contributed by atoms with Gasteiger partial charge < -0.3 is 9.84 Å². The van der Waals surface area contributed by atoms with Crippen LogP contribution in [0.25, 0.3) is 0 Å². The van der Waals surface area contributed by atoms with E-state index < -0.39 is 17.7 Å². The van der Waals surface area contributed by atoms with Gasteiger partial charge in [0.1, 0.15) is 0 Å². The summed E-state index contributed by atoms with van der Waals surface area (Å²) in [5.41, 5.74) is 3.40. The minimum atomic E-state index is -2.00. The molecule has 27 heavy (non-hydrogen) atoms. The molecule has 2 heterocycles. The number of carbonyl (C=O) groups is 1. The van der Waals surface area contributed by atoms with Crippen LogP contribution in [0.1, 0.15) is 36.6 Å². The van der Waals surface area contributed by atoms with E-state index in [2.05, 4.69) is 12.1 Å². The molecular weight excluding hydrogens is 342 g/mol. The van der Waals surface area contributed by atoms with Crippen LogP contribution in [0.15, 0.2) is 54.6 Å². The van der Waals surface area contributed by atoms with Gasteiger partial charge in [-0.25, -0.2) is 4.79 Å². The highest BCUT2D eigenvalue weighted by Gasteiger charge is 2.60. The van der Waals surface area contributed by atoms with Crippen LogP contribution in [0.4, 0.5) is 0 Å². The number of carbonyl (C=O) groups excluding carboxylic acids is 1. The molecule has 5 nitrogen and oxygen atoms in total. The van der Waals surface area contributed by atoms with Crippen molar-refractivity contribution in [2.45, 2.75) is 44.6 Å². The number of benzene rings is 2. The molecule has 1 saturated heterocycles. The van der Waals surface area contributed by atoms with Gasteiger partial charge in [-0.05, 0) is 43.4 Å². The number of hydrogen-bond donors (Lipinski definition) is 1. The topological polar surface area (TPSA) is 59.0 Å². The molecule has 0 unspecified atom stereocenters. The van der Waals surface area contributed by atoms with E-state index >= 15 is 0 Å². The molecule has 1 fully saturated rings. The van der Waals surface area contributed by atoms with Crippen molar-refractivity contribution in [2.24, 2.45) is 5.92 Å². The average Bonchev–Trinajstić information content (AvgIpc) is 2.95. The maximum atomic E-state index is 12.8. The summed E-state index contributed by atoms with van der Waals surface area (Å²) < 4.78 is 5.36. The number of fused-ring (bicyclic) bond motifs is 3. The third-order valence-corrected chi connectivity index (χ3v) is 5.36. The van der Waals surface area contributed by atoms with Gasteiger partial charge in [0.2, 0.25) is 0 Å². The van der Waals surface area contributed by atoms with E-state index in [4.69, 9.17) is 9.57 Å². The maximum Gasteiger partial charge on any atom is 0.368 e. The van der Waals surface area contributed by atoms with Crippen molar-refractivity contribution >= 4 is 5.97 Å². The Balaban J connectivity index is 1.75. The highest BCUT2D eigenvalue weighted by Crippen LogP contribution is 2.49. The summed E-state index contributed by atoms with van der Waals surface area (Å²) in [4.78, 5) is 18.7. The van der Waals surface area contributed by atoms with Crippen LogP contribution in [0.2, 0.25) is 0 Å². The van der Waals surface area contributed by atoms with Crippen molar-refractivity contribution in [3.05, 3.63) is 71.3 Å². The fourth-order valence-electron chi connectivity index (χ4n) is 4.16. The quantitative estimate of drug-likeness (QED) is 0.842. The minimum absolute atomic E-state index is 0.195. The van der Waals surface area contributed by atoms with Gasteiger partial charge in [0.15, 0.2) is 0 Å². The largest absolute Gasteiger partial charge is 0.459 e. The molecule has 0 bridgehead atoms. The van der Waals surface area contributed by atoms with E-state index in [1.54, 1.807) is 18.9 Å². The van der Waals surface area contributed by atoms with E-state index in [1.807, 2.05) is 42.5 Å². The van der Waals surface area contributed by atoms with Crippen LogP contribution >= 0.6 is 0 Å². The van der Waals surface area contributed by atoms with E-state index in [-0.39, 0.29) is 12.1 Å². The highest BCUT2D eigenvalue weighted by atomic mass is 16.8. The zero-order chi connectivity index (χ0) is 19.0. The van der Waals surface area contributed by atoms with Gasteiger partial charge in [-0.15, -0.1) is 0 Å². The molecule has 2 aliphatic rings. The molecule has 3 atom stereocenters. The fourth-order valence-corrected chi connectivity index (χ4v) is 4.16. The Morgan fingerprint density at radius 1 is 1.22 bits per heavy atom. The Kier molecular flexibility index (Phi) is 4.76. The van der Waals surface area contributed by atoms with Crippen LogP contribution in [0.3, 0.4) is 0 Å². The summed E-state index contributed by atoms with van der Waals surface area (Å²) in [7, 11) is 0. The molecule has 0 spiro atoms. The number of nitrogens with zero attached hydrogens (tertiary/aromatic N) is 1. The molecule has 0 aliphatic carbocycles. The molecule has 0 radical (unpaired) electrons. The molecule has 0 saturated carbocycles. The molecular formula is C22H25NO4. The summed E-state index contributed by atoms with van der Waals surface area (Å²) in [5.74, 6) is -3.18. The van der Waals surface area contributed by atoms with E-state index in [9.17, 15) is 9.90 Å². The van der Waals surface area contributed by atoms with Gasteiger partial charge in [-0.2, -0.15) is 5.06 Å². The smallest absolute Gasteiger partial charge is 0.368 e. The molecule has 1 N–H and O–H groups in total. The number of ether oxygens (including phenoxy) is 1. The van der Waals surface area contributed by atoms with Crippen LogP contribution in [0.5, 0.6) is 0 Å². The Morgan fingerprint density at radius 2 is 1.93 bits per heavy atom. The normalized spacial score (nSPS) is 27.3. The molecule has 2 aromatic carbocycles. The number of hydrogen-bond acceptors (Lipinski definition) is 5. The zero-order valence-electron chi connectivity index (χ0n) is 15.7. The predicted octanol–water partition coefficient (Wildman–Crippen LogP) is 3.03. The molecule has 142 valence electrons. The van der Waals surface area contributed by atoms with Crippen LogP contribution < -0.4 is 0 Å². The Labute approximate surface area is 159 Å². The molecule has 2 aromatic rings. The SMILES string of the molecule is CC(C)OC(=O)[C@]1(O)ON2CCc3ccccc3[C@@H]2[C@H]1Cc1ccccc1. The summed E-state index contributed by atoms with van der Waals surface area (Å²) in [6.45, 7) is 4.17. The lowest BCUT2D eigenvalue weighted by atomic mass is 9.79. The Morgan fingerprint density at radius 3 is 2.67 bits per heavy atom. The Hall–Kier alpha value is -2.21. The molecule has 4 rings (SSSR count). The molecule has 0 amide bonds. The monoisotopic (exact) mass is 367 g/mol. The van der Waals surface area contributed by atoms with E-state index in [0.29, 0.717) is 13.0 Å². The maximum absolute atomic E-state index is 12.8. The van der Waals surface area contributed by atoms with Crippen molar-refractivity contribution in [3.63, 3.8) is 0 Å². The zero-order valence-corrected chi connectivity index (χ0v) is 15.7. The number of rotatable bonds is 4.